The standard InChI is InChI=1S/C19H16N.C18H14N.Ir/c1-15(16-8-4-2-5-9-16)18-12-13-20-19(14-18)17-10-6-3-7-11-17;1-14-13-19-18(16-10-6-3-7-11-16)12-17(14)15-8-4-2-5-9-15;/h2-10,12-15H,1H3;2-10,12-13H,1H3;/q2*-1;/i15D;1D3;. The van der Waals surface area contributed by atoms with Crippen LogP contribution in [0.2, 0.25) is 0 Å². The first-order valence-electron chi connectivity index (χ1n) is 14.8. The average molecular weight is 699 g/mol. The Morgan fingerprint density at radius 1 is 0.675 bits per heavy atom. The Labute approximate surface area is 256 Å². The largest absolute Gasteiger partial charge is 0.305 e. The molecular weight excluding hydrogens is 665 g/mol. The van der Waals surface area contributed by atoms with Crippen LogP contribution in [-0.2, 0) is 20.1 Å². The molecular formula is C37H30IrN2-2. The molecule has 2 heterocycles. The first kappa shape index (κ1) is 23.7. The first-order chi connectivity index (χ1) is 20.7. The fourth-order valence-corrected chi connectivity index (χ4v) is 4.23. The average Bonchev–Trinajstić information content (AvgIpc) is 3.06. The topological polar surface area (TPSA) is 25.8 Å². The van der Waals surface area contributed by atoms with Crippen molar-refractivity contribution in [2.45, 2.75) is 19.7 Å². The summed E-state index contributed by atoms with van der Waals surface area (Å²) in [5.41, 5.74) is 7.07. The van der Waals surface area contributed by atoms with E-state index in [2.05, 4.69) is 22.1 Å². The molecule has 0 aliphatic heterocycles. The monoisotopic (exact) mass is 699 g/mol. The van der Waals surface area contributed by atoms with Gasteiger partial charge in [-0.2, -0.15) is 0 Å². The van der Waals surface area contributed by atoms with Crippen molar-refractivity contribution >= 4 is 0 Å². The number of hydrogen-bond donors (Lipinski definition) is 0. The first-order valence-corrected chi connectivity index (χ1v) is 12.8. The fraction of sp³-hybridized carbons (Fsp3) is 0.0811. The quantitative estimate of drug-likeness (QED) is 0.168. The number of pyridine rings is 2. The van der Waals surface area contributed by atoms with Gasteiger partial charge >= 0.3 is 0 Å². The molecule has 1 unspecified atom stereocenters. The van der Waals surface area contributed by atoms with E-state index in [1.165, 1.54) is 6.20 Å². The van der Waals surface area contributed by atoms with Crippen LogP contribution in [0.15, 0.2) is 140 Å². The van der Waals surface area contributed by atoms with Crippen molar-refractivity contribution in [1.29, 1.82) is 0 Å². The van der Waals surface area contributed by atoms with Crippen LogP contribution < -0.4 is 0 Å². The molecule has 0 amide bonds. The predicted molar refractivity (Wildman–Crippen MR) is 161 cm³/mol. The summed E-state index contributed by atoms with van der Waals surface area (Å²) >= 11 is 0. The summed E-state index contributed by atoms with van der Waals surface area (Å²) in [7, 11) is 0. The van der Waals surface area contributed by atoms with Gasteiger partial charge in [0.2, 0.25) is 0 Å². The van der Waals surface area contributed by atoms with Crippen LogP contribution in [0.4, 0.5) is 0 Å². The van der Waals surface area contributed by atoms with Gasteiger partial charge in [0.25, 0.3) is 0 Å². The van der Waals surface area contributed by atoms with E-state index in [1.54, 1.807) is 6.20 Å². The maximum atomic E-state index is 8.73. The smallest absolute Gasteiger partial charge is 0.0399 e. The molecule has 0 saturated carbocycles. The summed E-state index contributed by atoms with van der Waals surface area (Å²) in [6.45, 7) is -0.284. The van der Waals surface area contributed by atoms with E-state index in [9.17, 15) is 0 Å². The molecule has 3 heteroatoms. The molecule has 2 nitrogen and oxygen atoms in total. The molecule has 2 aromatic heterocycles. The van der Waals surface area contributed by atoms with Crippen molar-refractivity contribution in [3.05, 3.63) is 169 Å². The van der Waals surface area contributed by atoms with Crippen LogP contribution in [0.1, 0.15) is 35.0 Å². The van der Waals surface area contributed by atoms with Crippen molar-refractivity contribution in [2.75, 3.05) is 0 Å². The van der Waals surface area contributed by atoms with Gasteiger partial charge < -0.3 is 9.97 Å². The van der Waals surface area contributed by atoms with Crippen LogP contribution in [0.25, 0.3) is 33.6 Å². The Balaban J connectivity index is 0.000000197. The van der Waals surface area contributed by atoms with Crippen molar-refractivity contribution in [1.82, 2.24) is 9.97 Å². The van der Waals surface area contributed by atoms with Gasteiger partial charge in [-0.15, -0.1) is 71.8 Å². The van der Waals surface area contributed by atoms with E-state index in [1.807, 2.05) is 134 Å². The van der Waals surface area contributed by atoms with E-state index in [4.69, 9.17) is 5.48 Å². The van der Waals surface area contributed by atoms with Crippen LogP contribution in [-0.4, -0.2) is 9.97 Å². The predicted octanol–water partition coefficient (Wildman–Crippen LogP) is 9.22. The SMILES string of the molecule is [2H]C(C)(c1ccccc1)c1ccnc(-c2[c-]cccc2)c1.[2H]C([2H])([2H])c1cnc(-c2[c-]cccc2)cc1-c1ccccc1.[Ir]. The van der Waals surface area contributed by atoms with Gasteiger partial charge in [0, 0.05) is 43.9 Å². The van der Waals surface area contributed by atoms with Crippen LogP contribution >= 0.6 is 0 Å². The molecule has 1 radical (unpaired) electrons. The van der Waals surface area contributed by atoms with Crippen LogP contribution in [0.3, 0.4) is 0 Å². The summed E-state index contributed by atoms with van der Waals surface area (Å²) in [6.07, 6.45) is 3.22. The zero-order valence-electron chi connectivity index (χ0n) is 26.0. The van der Waals surface area contributed by atoms with E-state index < -0.39 is 12.7 Å². The van der Waals surface area contributed by atoms with E-state index >= 15 is 0 Å². The van der Waals surface area contributed by atoms with Crippen molar-refractivity contribution < 1.29 is 25.6 Å². The summed E-state index contributed by atoms with van der Waals surface area (Å²) in [4.78, 5) is 8.71. The molecule has 0 aliphatic carbocycles. The van der Waals surface area contributed by atoms with E-state index in [-0.39, 0.29) is 25.7 Å². The second-order valence-corrected chi connectivity index (χ2v) is 8.95. The van der Waals surface area contributed by atoms with E-state index in [0.29, 0.717) is 11.3 Å². The summed E-state index contributed by atoms with van der Waals surface area (Å²) < 4.78 is 31.9. The minimum absolute atomic E-state index is 0. The van der Waals surface area contributed by atoms with Crippen LogP contribution in [0.5, 0.6) is 0 Å². The van der Waals surface area contributed by atoms with Gasteiger partial charge in [-0.1, -0.05) is 79.7 Å². The number of benzene rings is 4. The molecule has 0 spiro atoms. The van der Waals surface area contributed by atoms with E-state index in [0.717, 1.165) is 33.5 Å². The number of nitrogens with zero attached hydrogens (tertiary/aromatic N) is 2. The Morgan fingerprint density at radius 2 is 1.27 bits per heavy atom. The van der Waals surface area contributed by atoms with Gasteiger partial charge in [0.1, 0.15) is 0 Å². The molecule has 40 heavy (non-hydrogen) atoms. The molecule has 6 aromatic rings. The van der Waals surface area contributed by atoms with Crippen molar-refractivity contribution in [3.63, 3.8) is 0 Å². The van der Waals surface area contributed by atoms with Gasteiger partial charge in [0.05, 0.1) is 0 Å². The molecule has 0 saturated heterocycles. The fourth-order valence-electron chi connectivity index (χ4n) is 4.23. The third kappa shape index (κ3) is 7.27. The van der Waals surface area contributed by atoms with Crippen LogP contribution in [0, 0.1) is 19.0 Å². The van der Waals surface area contributed by atoms with Gasteiger partial charge in [-0.25, -0.2) is 0 Å². The third-order valence-corrected chi connectivity index (χ3v) is 6.36. The Hall–Kier alpha value is -4.17. The zero-order chi connectivity index (χ0) is 30.3. The minimum Gasteiger partial charge on any atom is -0.305 e. The summed E-state index contributed by atoms with van der Waals surface area (Å²) in [6, 6.07) is 46.7. The number of aromatic nitrogens is 2. The van der Waals surface area contributed by atoms with Crippen molar-refractivity contribution in [2.24, 2.45) is 0 Å². The van der Waals surface area contributed by atoms with Crippen molar-refractivity contribution in [3.8, 4) is 33.6 Å². The van der Waals surface area contributed by atoms with Gasteiger partial charge in [-0.3, -0.25) is 0 Å². The maximum Gasteiger partial charge on any atom is 0.0399 e. The Morgan fingerprint density at radius 3 is 1.88 bits per heavy atom. The molecule has 4 aromatic carbocycles. The molecule has 0 aliphatic rings. The van der Waals surface area contributed by atoms with Gasteiger partial charge in [-0.05, 0) is 52.1 Å². The molecule has 1 atom stereocenters. The second-order valence-electron chi connectivity index (χ2n) is 8.95. The molecule has 0 fully saturated rings. The summed E-state index contributed by atoms with van der Waals surface area (Å²) in [5, 5.41) is 0. The Bertz CT molecular complexity index is 1760. The number of rotatable bonds is 5. The molecule has 6 rings (SSSR count). The molecule has 0 bridgehead atoms. The number of hydrogen-bond acceptors (Lipinski definition) is 2. The third-order valence-electron chi connectivity index (χ3n) is 6.36. The normalized spacial score (nSPS) is 13.5. The zero-order valence-corrected chi connectivity index (χ0v) is 24.4. The summed E-state index contributed by atoms with van der Waals surface area (Å²) in [5.74, 6) is -0.798. The van der Waals surface area contributed by atoms with Gasteiger partial charge in [0.15, 0.2) is 0 Å². The molecule has 0 N–H and O–H groups in total. The Kier molecular flexibility index (Phi) is 8.46. The maximum absolute atomic E-state index is 8.73. The minimum atomic E-state index is -2.20. The number of aryl methyl sites for hydroxylation is 1. The molecule has 199 valence electrons. The second kappa shape index (κ2) is 14.3.